The van der Waals surface area contributed by atoms with E-state index in [0.29, 0.717) is 11.2 Å². The van der Waals surface area contributed by atoms with Crippen LogP contribution >= 0.6 is 0 Å². The molecule has 20 heavy (non-hydrogen) atoms. The van der Waals surface area contributed by atoms with Crippen LogP contribution in [-0.4, -0.2) is 36.7 Å². The Morgan fingerprint density at radius 2 is 2.15 bits per heavy atom. The number of primary amides is 1. The van der Waals surface area contributed by atoms with Gasteiger partial charge in [0.15, 0.2) is 0 Å². The summed E-state index contributed by atoms with van der Waals surface area (Å²) < 4.78 is 26.0. The van der Waals surface area contributed by atoms with Crippen molar-refractivity contribution in [1.82, 2.24) is 9.61 Å². The summed E-state index contributed by atoms with van der Waals surface area (Å²) in [6.45, 7) is 1.99. The topological polar surface area (TPSA) is 124 Å². The second-order valence-electron chi connectivity index (χ2n) is 4.29. The monoisotopic (exact) mass is 297 g/mol. The van der Waals surface area contributed by atoms with E-state index >= 15 is 0 Å². The third-order valence-corrected chi connectivity index (χ3v) is 4.17. The number of rotatable bonds is 4. The molecule has 0 fully saturated rings. The maximum atomic E-state index is 11.7. The lowest BCUT2D eigenvalue weighted by molar-refractivity contribution is 0.100. The summed E-state index contributed by atoms with van der Waals surface area (Å²) in [5.41, 5.74) is 12.2. The van der Waals surface area contributed by atoms with Crippen LogP contribution in [0.1, 0.15) is 17.3 Å². The average Bonchev–Trinajstić information content (AvgIpc) is 2.72. The van der Waals surface area contributed by atoms with E-state index in [1.807, 2.05) is 0 Å². The van der Waals surface area contributed by atoms with E-state index in [-0.39, 0.29) is 17.8 Å². The van der Waals surface area contributed by atoms with E-state index in [9.17, 15) is 13.2 Å². The molecule has 2 aromatic rings. The fourth-order valence-corrected chi connectivity index (χ4v) is 2.96. The van der Waals surface area contributed by atoms with Crippen molar-refractivity contribution in [3.05, 3.63) is 24.0 Å². The number of nitrogens with zero attached hydrogens (tertiary/aromatic N) is 3. The SMILES string of the molecule is CCN(c1cc2c(N)c(C(N)=O)cnn2c1)S(C)(=O)=O. The van der Waals surface area contributed by atoms with Crippen LogP contribution in [0.15, 0.2) is 18.5 Å². The van der Waals surface area contributed by atoms with Gasteiger partial charge in [-0.05, 0) is 13.0 Å². The van der Waals surface area contributed by atoms with Crippen LogP contribution in [0.4, 0.5) is 11.4 Å². The Kier molecular flexibility index (Phi) is 3.30. The van der Waals surface area contributed by atoms with E-state index in [1.165, 1.54) is 21.2 Å². The van der Waals surface area contributed by atoms with E-state index in [1.54, 1.807) is 13.0 Å². The molecule has 0 aliphatic carbocycles. The van der Waals surface area contributed by atoms with E-state index in [2.05, 4.69) is 5.10 Å². The van der Waals surface area contributed by atoms with Crippen molar-refractivity contribution >= 4 is 32.8 Å². The highest BCUT2D eigenvalue weighted by molar-refractivity contribution is 7.92. The van der Waals surface area contributed by atoms with Gasteiger partial charge in [-0.15, -0.1) is 0 Å². The highest BCUT2D eigenvalue weighted by atomic mass is 32.2. The quantitative estimate of drug-likeness (QED) is 0.808. The molecule has 0 unspecified atom stereocenters. The number of sulfonamides is 1. The third-order valence-electron chi connectivity index (χ3n) is 2.90. The highest BCUT2D eigenvalue weighted by Gasteiger charge is 2.19. The first kappa shape index (κ1) is 14.1. The van der Waals surface area contributed by atoms with Crippen LogP contribution in [-0.2, 0) is 10.0 Å². The number of nitrogens with two attached hydrogens (primary N) is 2. The van der Waals surface area contributed by atoms with Crippen LogP contribution in [0.5, 0.6) is 0 Å². The van der Waals surface area contributed by atoms with Crippen molar-refractivity contribution in [3.8, 4) is 0 Å². The first-order chi connectivity index (χ1) is 9.25. The molecule has 1 amide bonds. The smallest absolute Gasteiger partial charge is 0.252 e. The van der Waals surface area contributed by atoms with Crippen LogP contribution < -0.4 is 15.8 Å². The summed E-state index contributed by atoms with van der Waals surface area (Å²) in [6.07, 6.45) is 3.90. The summed E-state index contributed by atoms with van der Waals surface area (Å²) in [6, 6.07) is 1.55. The second-order valence-corrected chi connectivity index (χ2v) is 6.20. The molecule has 0 aromatic carbocycles. The predicted molar refractivity (Wildman–Crippen MR) is 76.0 cm³/mol. The van der Waals surface area contributed by atoms with Gasteiger partial charge in [-0.25, -0.2) is 12.9 Å². The number of carbonyl (C=O) groups excluding carboxylic acids is 1. The second kappa shape index (κ2) is 4.67. The van der Waals surface area contributed by atoms with Crippen LogP contribution in [0.2, 0.25) is 0 Å². The molecule has 2 rings (SSSR count). The molecular formula is C11H15N5O3S. The summed E-state index contributed by atoms with van der Waals surface area (Å²) in [5, 5.41) is 4.00. The molecule has 0 aliphatic heterocycles. The number of hydrogen-bond donors (Lipinski definition) is 2. The minimum absolute atomic E-state index is 0.101. The van der Waals surface area contributed by atoms with E-state index < -0.39 is 15.9 Å². The standard InChI is InChI=1S/C11H15N5O3S/c1-3-16(20(2,18)19)7-4-9-10(12)8(11(13)17)5-14-15(9)6-7/h4-6H,3,12H2,1-2H3,(H2,13,17). The largest absolute Gasteiger partial charge is 0.396 e. The molecule has 0 saturated heterocycles. The van der Waals surface area contributed by atoms with Crippen molar-refractivity contribution in [3.63, 3.8) is 0 Å². The molecule has 0 atom stereocenters. The van der Waals surface area contributed by atoms with Gasteiger partial charge in [0.2, 0.25) is 10.0 Å². The molecule has 0 bridgehead atoms. The molecule has 0 radical (unpaired) electrons. The minimum atomic E-state index is -3.40. The Balaban J connectivity index is 2.65. The van der Waals surface area contributed by atoms with Crippen molar-refractivity contribution in [2.24, 2.45) is 5.73 Å². The minimum Gasteiger partial charge on any atom is -0.396 e. The Hall–Kier alpha value is -2.29. The highest BCUT2D eigenvalue weighted by Crippen LogP contribution is 2.25. The lowest BCUT2D eigenvalue weighted by Gasteiger charge is -2.17. The van der Waals surface area contributed by atoms with Crippen LogP contribution in [0, 0.1) is 0 Å². The Morgan fingerprint density at radius 1 is 1.50 bits per heavy atom. The Bertz CT molecular complexity index is 781. The normalized spacial score (nSPS) is 11.7. The maximum absolute atomic E-state index is 11.7. The Morgan fingerprint density at radius 3 is 2.65 bits per heavy atom. The summed E-state index contributed by atoms with van der Waals surface area (Å²) in [5.74, 6) is -0.685. The van der Waals surface area contributed by atoms with Crippen molar-refractivity contribution in [2.75, 3.05) is 22.8 Å². The van der Waals surface area contributed by atoms with Crippen molar-refractivity contribution in [1.29, 1.82) is 0 Å². The molecule has 4 N–H and O–H groups in total. The number of aromatic nitrogens is 2. The van der Waals surface area contributed by atoms with Crippen molar-refractivity contribution in [2.45, 2.75) is 6.92 Å². The number of fused-ring (bicyclic) bond motifs is 1. The van der Waals surface area contributed by atoms with Crippen LogP contribution in [0.3, 0.4) is 0 Å². The molecule has 9 heteroatoms. The fraction of sp³-hybridized carbons (Fsp3) is 0.273. The Labute approximate surface area is 116 Å². The molecule has 108 valence electrons. The van der Waals surface area contributed by atoms with Gasteiger partial charge in [-0.3, -0.25) is 9.10 Å². The van der Waals surface area contributed by atoms with Gasteiger partial charge in [0.25, 0.3) is 5.91 Å². The zero-order valence-electron chi connectivity index (χ0n) is 11.1. The number of hydrogen-bond acceptors (Lipinski definition) is 5. The molecule has 2 heterocycles. The zero-order chi connectivity index (χ0) is 15.1. The van der Waals surface area contributed by atoms with E-state index in [0.717, 1.165) is 6.26 Å². The zero-order valence-corrected chi connectivity index (χ0v) is 11.9. The van der Waals surface area contributed by atoms with Gasteiger partial charge in [-0.1, -0.05) is 0 Å². The average molecular weight is 297 g/mol. The van der Waals surface area contributed by atoms with Gasteiger partial charge < -0.3 is 11.5 Å². The number of nitrogen functional groups attached to an aromatic ring is 1. The number of amides is 1. The van der Waals surface area contributed by atoms with Gasteiger partial charge in [-0.2, -0.15) is 5.10 Å². The fourth-order valence-electron chi connectivity index (χ4n) is 2.00. The van der Waals surface area contributed by atoms with Crippen LogP contribution in [0.25, 0.3) is 5.52 Å². The first-order valence-corrected chi connectivity index (χ1v) is 7.65. The first-order valence-electron chi connectivity index (χ1n) is 5.80. The van der Waals surface area contributed by atoms with Gasteiger partial charge >= 0.3 is 0 Å². The molecule has 0 spiro atoms. The maximum Gasteiger partial charge on any atom is 0.252 e. The summed E-state index contributed by atoms with van der Waals surface area (Å²) >= 11 is 0. The van der Waals surface area contributed by atoms with E-state index in [4.69, 9.17) is 11.5 Å². The predicted octanol–water partition coefficient (Wildman–Crippen LogP) is -0.199. The lowest BCUT2D eigenvalue weighted by atomic mass is 10.2. The number of anilines is 2. The summed E-state index contributed by atoms with van der Waals surface area (Å²) in [4.78, 5) is 11.2. The van der Waals surface area contributed by atoms with Gasteiger partial charge in [0.1, 0.15) is 0 Å². The van der Waals surface area contributed by atoms with Gasteiger partial charge in [0, 0.05) is 6.54 Å². The van der Waals surface area contributed by atoms with Gasteiger partial charge in [0.05, 0.1) is 41.1 Å². The third kappa shape index (κ3) is 2.27. The molecule has 0 saturated carbocycles. The molecule has 0 aliphatic rings. The lowest BCUT2D eigenvalue weighted by Crippen LogP contribution is -2.28. The number of carbonyl (C=O) groups is 1. The molecule has 8 nitrogen and oxygen atoms in total. The molecular weight excluding hydrogens is 282 g/mol. The van der Waals surface area contributed by atoms with Crippen molar-refractivity contribution < 1.29 is 13.2 Å². The summed E-state index contributed by atoms with van der Waals surface area (Å²) in [7, 11) is -3.40. The molecule has 2 aromatic heterocycles.